The Morgan fingerprint density at radius 1 is 1.47 bits per heavy atom. The predicted molar refractivity (Wildman–Crippen MR) is 86.1 cm³/mol. The number of hydrogen-bond acceptors (Lipinski definition) is 4. The molecule has 0 aliphatic heterocycles. The third kappa shape index (κ3) is 4.66. The number of rotatable bonds is 6. The van der Waals surface area contributed by atoms with E-state index in [-0.39, 0.29) is 10.9 Å². The predicted octanol–water partition coefficient (Wildman–Crippen LogP) is 2.76. The smallest absolute Gasteiger partial charge is 0.241 e. The minimum atomic E-state index is -3.52. The number of nitrogens with one attached hydrogen (secondary N) is 1. The molecule has 0 fully saturated rings. The van der Waals surface area contributed by atoms with Gasteiger partial charge in [0.15, 0.2) is 0 Å². The van der Waals surface area contributed by atoms with Crippen LogP contribution >= 0.6 is 27.7 Å². The third-order valence-corrected chi connectivity index (χ3v) is 5.76. The number of thioether (sulfide) groups is 1. The zero-order valence-corrected chi connectivity index (χ0v) is 14.5. The van der Waals surface area contributed by atoms with Crippen LogP contribution in [0.5, 0.6) is 0 Å². The highest BCUT2D eigenvalue weighted by Crippen LogP contribution is 2.26. The number of anilines is 1. The summed E-state index contributed by atoms with van der Waals surface area (Å²) in [6.45, 7) is 3.62. The Bertz CT molecular complexity index is 547. The van der Waals surface area contributed by atoms with Gasteiger partial charge in [0, 0.05) is 16.2 Å². The van der Waals surface area contributed by atoms with E-state index < -0.39 is 10.0 Å². The van der Waals surface area contributed by atoms with Crippen LogP contribution < -0.4 is 10.5 Å². The SMILES string of the molecule is CSCCC(C)NS(=O)(=O)c1cc(N)c(Br)cc1C. The molecule has 3 N–H and O–H groups in total. The molecule has 0 saturated heterocycles. The number of nitrogens with two attached hydrogens (primary N) is 1. The largest absolute Gasteiger partial charge is 0.398 e. The Balaban J connectivity index is 2.98. The Kier molecular flexibility index (Phi) is 6.16. The van der Waals surface area contributed by atoms with Crippen LogP contribution in [0.25, 0.3) is 0 Å². The Morgan fingerprint density at radius 2 is 2.11 bits per heavy atom. The molecule has 1 unspecified atom stereocenters. The number of hydrogen-bond donors (Lipinski definition) is 2. The number of sulfonamides is 1. The van der Waals surface area contributed by atoms with Crippen molar-refractivity contribution in [1.29, 1.82) is 0 Å². The molecule has 0 saturated carbocycles. The van der Waals surface area contributed by atoms with E-state index in [0.29, 0.717) is 15.7 Å². The lowest BCUT2D eigenvalue weighted by atomic mass is 10.2. The van der Waals surface area contributed by atoms with Crippen molar-refractivity contribution in [3.05, 3.63) is 22.2 Å². The maximum absolute atomic E-state index is 12.3. The van der Waals surface area contributed by atoms with Gasteiger partial charge in [0.2, 0.25) is 10.0 Å². The average molecular weight is 367 g/mol. The molecule has 108 valence electrons. The molecular formula is C12H19BrN2O2S2. The quantitative estimate of drug-likeness (QED) is 0.759. The molecule has 4 nitrogen and oxygen atoms in total. The van der Waals surface area contributed by atoms with Gasteiger partial charge in [-0.2, -0.15) is 11.8 Å². The van der Waals surface area contributed by atoms with Gasteiger partial charge in [0.25, 0.3) is 0 Å². The zero-order chi connectivity index (χ0) is 14.6. The molecule has 0 heterocycles. The van der Waals surface area contributed by atoms with Crippen molar-refractivity contribution in [3.8, 4) is 0 Å². The highest BCUT2D eigenvalue weighted by molar-refractivity contribution is 9.10. The van der Waals surface area contributed by atoms with Gasteiger partial charge in [-0.3, -0.25) is 0 Å². The average Bonchev–Trinajstić information content (AvgIpc) is 2.30. The zero-order valence-electron chi connectivity index (χ0n) is 11.2. The minimum Gasteiger partial charge on any atom is -0.398 e. The van der Waals surface area contributed by atoms with Crippen molar-refractivity contribution >= 4 is 43.4 Å². The highest BCUT2D eigenvalue weighted by atomic mass is 79.9. The van der Waals surface area contributed by atoms with Gasteiger partial charge < -0.3 is 5.73 Å². The van der Waals surface area contributed by atoms with E-state index in [4.69, 9.17) is 5.73 Å². The first-order chi connectivity index (χ1) is 8.77. The van der Waals surface area contributed by atoms with Crippen molar-refractivity contribution in [2.45, 2.75) is 31.2 Å². The monoisotopic (exact) mass is 366 g/mol. The number of halogens is 1. The maximum atomic E-state index is 12.3. The van der Waals surface area contributed by atoms with E-state index in [0.717, 1.165) is 12.2 Å². The normalized spacial score (nSPS) is 13.5. The minimum absolute atomic E-state index is 0.0956. The van der Waals surface area contributed by atoms with Crippen LogP contribution in [0.4, 0.5) is 5.69 Å². The molecule has 0 spiro atoms. The molecule has 0 aliphatic carbocycles. The van der Waals surface area contributed by atoms with Gasteiger partial charge in [-0.1, -0.05) is 0 Å². The van der Waals surface area contributed by atoms with Crippen molar-refractivity contribution in [2.24, 2.45) is 0 Å². The maximum Gasteiger partial charge on any atom is 0.241 e. The molecule has 1 rings (SSSR count). The van der Waals surface area contributed by atoms with Crippen molar-refractivity contribution < 1.29 is 8.42 Å². The Hall–Kier alpha value is -0.240. The van der Waals surface area contributed by atoms with Crippen LogP contribution in [0.2, 0.25) is 0 Å². The summed E-state index contributed by atoms with van der Waals surface area (Å²) < 4.78 is 28.0. The topological polar surface area (TPSA) is 72.2 Å². The van der Waals surface area contributed by atoms with Crippen LogP contribution in [0.3, 0.4) is 0 Å². The summed E-state index contributed by atoms with van der Waals surface area (Å²) in [5, 5.41) is 0. The molecule has 19 heavy (non-hydrogen) atoms. The molecule has 0 amide bonds. The molecule has 0 radical (unpaired) electrons. The van der Waals surface area contributed by atoms with Gasteiger partial charge in [-0.15, -0.1) is 0 Å². The first-order valence-corrected chi connectivity index (χ1v) is 9.52. The van der Waals surface area contributed by atoms with Crippen molar-refractivity contribution in [1.82, 2.24) is 4.72 Å². The van der Waals surface area contributed by atoms with Gasteiger partial charge in [-0.25, -0.2) is 13.1 Å². The van der Waals surface area contributed by atoms with Crippen LogP contribution in [0, 0.1) is 6.92 Å². The van der Waals surface area contributed by atoms with E-state index in [1.165, 1.54) is 6.07 Å². The Labute approximate surface area is 127 Å². The van der Waals surface area contributed by atoms with Crippen molar-refractivity contribution in [3.63, 3.8) is 0 Å². The van der Waals surface area contributed by atoms with Crippen LogP contribution in [0.1, 0.15) is 18.9 Å². The van der Waals surface area contributed by atoms with E-state index in [2.05, 4.69) is 20.7 Å². The first-order valence-electron chi connectivity index (χ1n) is 5.85. The highest BCUT2D eigenvalue weighted by Gasteiger charge is 2.20. The van der Waals surface area contributed by atoms with Gasteiger partial charge in [-0.05, 0) is 65.9 Å². The number of nitrogen functional groups attached to an aromatic ring is 1. The Morgan fingerprint density at radius 3 is 2.68 bits per heavy atom. The summed E-state index contributed by atoms with van der Waals surface area (Å²) in [6.07, 6.45) is 2.80. The molecule has 0 aliphatic rings. The van der Waals surface area contributed by atoms with Gasteiger partial charge in [0.05, 0.1) is 4.90 Å². The lowest BCUT2D eigenvalue weighted by Crippen LogP contribution is -2.33. The van der Waals surface area contributed by atoms with Crippen LogP contribution in [-0.2, 0) is 10.0 Å². The summed E-state index contributed by atoms with van der Waals surface area (Å²) in [7, 11) is -3.52. The van der Waals surface area contributed by atoms with E-state index in [9.17, 15) is 8.42 Å². The second-order valence-corrected chi connectivity index (χ2v) is 7.97. The van der Waals surface area contributed by atoms with E-state index in [1.54, 1.807) is 24.8 Å². The summed E-state index contributed by atoms with van der Waals surface area (Å²) in [5.41, 5.74) is 6.85. The van der Waals surface area contributed by atoms with Crippen molar-refractivity contribution in [2.75, 3.05) is 17.7 Å². The van der Waals surface area contributed by atoms with E-state index in [1.807, 2.05) is 13.2 Å². The van der Waals surface area contributed by atoms with Gasteiger partial charge >= 0.3 is 0 Å². The molecule has 1 atom stereocenters. The summed E-state index contributed by atoms with van der Waals surface area (Å²) in [4.78, 5) is 0.240. The van der Waals surface area contributed by atoms with Crippen LogP contribution in [0.15, 0.2) is 21.5 Å². The third-order valence-electron chi connectivity index (χ3n) is 2.70. The summed E-state index contributed by atoms with van der Waals surface area (Å²) >= 11 is 4.99. The molecule has 0 bridgehead atoms. The molecule has 1 aromatic rings. The standard InChI is InChI=1S/C12H19BrN2O2S2/c1-8-6-10(13)11(14)7-12(8)19(16,17)15-9(2)4-5-18-3/h6-7,9,15H,4-5,14H2,1-3H3. The molecule has 0 aromatic heterocycles. The first kappa shape index (κ1) is 16.8. The lowest BCUT2D eigenvalue weighted by molar-refractivity contribution is 0.556. The number of aryl methyl sites for hydroxylation is 1. The van der Waals surface area contributed by atoms with Crippen LogP contribution in [-0.4, -0.2) is 26.5 Å². The number of benzene rings is 1. The fraction of sp³-hybridized carbons (Fsp3) is 0.500. The lowest BCUT2D eigenvalue weighted by Gasteiger charge is -2.15. The molecular weight excluding hydrogens is 348 g/mol. The second-order valence-electron chi connectivity index (χ2n) is 4.44. The van der Waals surface area contributed by atoms with E-state index >= 15 is 0 Å². The second kappa shape index (κ2) is 6.97. The molecule has 7 heteroatoms. The summed E-state index contributed by atoms with van der Waals surface area (Å²) in [6, 6.07) is 3.11. The van der Waals surface area contributed by atoms with Gasteiger partial charge in [0.1, 0.15) is 0 Å². The fourth-order valence-electron chi connectivity index (χ4n) is 1.64. The molecule has 1 aromatic carbocycles. The summed E-state index contributed by atoms with van der Waals surface area (Å²) in [5.74, 6) is 0.922. The fourth-order valence-corrected chi connectivity index (χ4v) is 4.23.